The van der Waals surface area contributed by atoms with Gasteiger partial charge in [0, 0.05) is 6.54 Å². The molecule has 1 aliphatic heterocycles. The number of nitrogens with zero attached hydrogens (tertiary/aromatic N) is 1. The van der Waals surface area contributed by atoms with Crippen LogP contribution in [0.25, 0.3) is 0 Å². The van der Waals surface area contributed by atoms with Crippen molar-refractivity contribution in [2.45, 2.75) is 12.8 Å². The minimum absolute atomic E-state index is 0.134. The minimum Gasteiger partial charge on any atom is -0.329 e. The Morgan fingerprint density at radius 2 is 2.22 bits per heavy atom. The summed E-state index contributed by atoms with van der Waals surface area (Å²) in [6.07, 6.45) is 2.49. The average molecular weight is 252 g/mol. The lowest BCUT2D eigenvalue weighted by atomic mass is 9.78. The fourth-order valence-electron chi connectivity index (χ4n) is 2.13. The molecule has 18 heavy (non-hydrogen) atoms. The van der Waals surface area contributed by atoms with Crippen LogP contribution in [-0.2, 0) is 4.79 Å². The molecule has 6 heteroatoms. The van der Waals surface area contributed by atoms with E-state index >= 15 is 0 Å². The number of amides is 1. The van der Waals surface area contributed by atoms with Gasteiger partial charge in [-0.05, 0) is 38.1 Å². The molecule has 0 aliphatic carbocycles. The monoisotopic (exact) mass is 252 g/mol. The molecule has 1 fully saturated rings. The van der Waals surface area contributed by atoms with E-state index in [-0.39, 0.29) is 5.91 Å². The Bertz CT molecular complexity index is 415. The number of piperidine rings is 1. The van der Waals surface area contributed by atoms with E-state index in [9.17, 15) is 9.18 Å². The van der Waals surface area contributed by atoms with Crippen molar-refractivity contribution in [3.05, 3.63) is 24.1 Å². The zero-order valence-electron chi connectivity index (χ0n) is 10.1. The highest BCUT2D eigenvalue weighted by atomic mass is 19.1. The molecule has 0 aromatic carbocycles. The molecule has 98 valence electrons. The second-order valence-corrected chi connectivity index (χ2v) is 4.55. The Labute approximate surface area is 105 Å². The number of nitrogens with two attached hydrogens (primary N) is 1. The highest BCUT2D eigenvalue weighted by Gasteiger charge is 2.38. The van der Waals surface area contributed by atoms with Gasteiger partial charge in [-0.1, -0.05) is 0 Å². The number of halogens is 1. The summed E-state index contributed by atoms with van der Waals surface area (Å²) in [5.41, 5.74) is 5.21. The van der Waals surface area contributed by atoms with Crippen molar-refractivity contribution in [2.75, 3.05) is 25.0 Å². The third-order valence-electron chi connectivity index (χ3n) is 3.40. The summed E-state index contributed by atoms with van der Waals surface area (Å²) in [7, 11) is 0. The van der Waals surface area contributed by atoms with Crippen molar-refractivity contribution in [1.82, 2.24) is 10.3 Å². The zero-order chi connectivity index (χ0) is 13.0. The van der Waals surface area contributed by atoms with Crippen LogP contribution >= 0.6 is 0 Å². The Morgan fingerprint density at radius 3 is 2.78 bits per heavy atom. The number of pyridine rings is 1. The molecule has 1 aliphatic rings. The van der Waals surface area contributed by atoms with Crippen molar-refractivity contribution in [3.63, 3.8) is 0 Å². The van der Waals surface area contributed by atoms with Gasteiger partial charge in [0.05, 0.1) is 11.6 Å². The molecule has 0 saturated carbocycles. The van der Waals surface area contributed by atoms with Crippen LogP contribution in [0, 0.1) is 11.2 Å². The minimum atomic E-state index is -0.540. The molecule has 0 bridgehead atoms. The van der Waals surface area contributed by atoms with Crippen LogP contribution < -0.4 is 16.4 Å². The Balaban J connectivity index is 2.07. The van der Waals surface area contributed by atoms with Crippen LogP contribution in [0.1, 0.15) is 12.8 Å². The average Bonchev–Trinajstić information content (AvgIpc) is 2.42. The summed E-state index contributed by atoms with van der Waals surface area (Å²) in [5.74, 6) is -0.207. The van der Waals surface area contributed by atoms with Gasteiger partial charge in [0.15, 0.2) is 0 Å². The fourth-order valence-corrected chi connectivity index (χ4v) is 2.13. The first-order valence-corrected chi connectivity index (χ1v) is 6.00. The maximum atomic E-state index is 12.7. The lowest BCUT2D eigenvalue weighted by Crippen LogP contribution is -2.49. The molecule has 1 saturated heterocycles. The van der Waals surface area contributed by atoms with Gasteiger partial charge in [-0.25, -0.2) is 9.37 Å². The topological polar surface area (TPSA) is 80.0 Å². The molecule has 2 rings (SSSR count). The first-order valence-electron chi connectivity index (χ1n) is 6.00. The van der Waals surface area contributed by atoms with Gasteiger partial charge in [-0.15, -0.1) is 0 Å². The molecule has 1 aromatic rings. The van der Waals surface area contributed by atoms with Gasteiger partial charge in [-0.2, -0.15) is 0 Å². The number of rotatable bonds is 3. The first kappa shape index (κ1) is 12.9. The molecule has 2 heterocycles. The van der Waals surface area contributed by atoms with Gasteiger partial charge in [0.1, 0.15) is 11.6 Å². The Hall–Kier alpha value is -1.53. The summed E-state index contributed by atoms with van der Waals surface area (Å²) in [6.45, 7) is 1.87. The second kappa shape index (κ2) is 5.41. The predicted molar refractivity (Wildman–Crippen MR) is 66.4 cm³/mol. The van der Waals surface area contributed by atoms with Crippen LogP contribution in [0.5, 0.6) is 0 Å². The summed E-state index contributed by atoms with van der Waals surface area (Å²) in [5, 5.41) is 5.91. The van der Waals surface area contributed by atoms with Gasteiger partial charge in [-0.3, -0.25) is 4.79 Å². The lowest BCUT2D eigenvalue weighted by molar-refractivity contribution is -0.126. The van der Waals surface area contributed by atoms with E-state index in [1.54, 1.807) is 0 Å². The van der Waals surface area contributed by atoms with Gasteiger partial charge < -0.3 is 16.4 Å². The molecule has 1 aromatic heterocycles. The van der Waals surface area contributed by atoms with Crippen LogP contribution in [0.2, 0.25) is 0 Å². The number of carbonyl (C=O) groups is 1. The van der Waals surface area contributed by atoms with E-state index in [1.807, 2.05) is 0 Å². The van der Waals surface area contributed by atoms with Gasteiger partial charge >= 0.3 is 0 Å². The molecule has 0 unspecified atom stereocenters. The van der Waals surface area contributed by atoms with E-state index in [0.29, 0.717) is 25.2 Å². The van der Waals surface area contributed by atoms with E-state index in [2.05, 4.69) is 15.6 Å². The van der Waals surface area contributed by atoms with Gasteiger partial charge in [0.2, 0.25) is 5.91 Å². The standard InChI is InChI=1S/C12H17FN4O/c13-9-1-2-10(16-7-9)17-11(18)12(8-14)3-5-15-6-4-12/h1-2,7,15H,3-6,8,14H2,(H,16,17,18). The van der Waals surface area contributed by atoms with Crippen molar-refractivity contribution >= 4 is 11.7 Å². The quantitative estimate of drug-likeness (QED) is 0.731. The number of hydrogen-bond donors (Lipinski definition) is 3. The summed E-state index contributed by atoms with van der Waals surface area (Å²) in [6, 6.07) is 2.71. The van der Waals surface area contributed by atoms with Crippen molar-refractivity contribution in [2.24, 2.45) is 11.1 Å². The maximum absolute atomic E-state index is 12.7. The number of carbonyl (C=O) groups excluding carboxylic acids is 1. The molecule has 0 radical (unpaired) electrons. The molecular weight excluding hydrogens is 235 g/mol. The Kier molecular flexibility index (Phi) is 3.88. The van der Waals surface area contributed by atoms with Crippen molar-refractivity contribution < 1.29 is 9.18 Å². The largest absolute Gasteiger partial charge is 0.329 e. The molecule has 5 nitrogen and oxygen atoms in total. The second-order valence-electron chi connectivity index (χ2n) is 4.55. The fraction of sp³-hybridized carbons (Fsp3) is 0.500. The molecular formula is C12H17FN4O. The van der Waals surface area contributed by atoms with Crippen LogP contribution in [0.4, 0.5) is 10.2 Å². The van der Waals surface area contributed by atoms with Gasteiger partial charge in [0.25, 0.3) is 0 Å². The Morgan fingerprint density at radius 1 is 1.50 bits per heavy atom. The summed E-state index contributed by atoms with van der Waals surface area (Å²) in [4.78, 5) is 16.1. The van der Waals surface area contributed by atoms with E-state index < -0.39 is 11.2 Å². The molecule has 4 N–H and O–H groups in total. The predicted octanol–water partition coefficient (Wildman–Crippen LogP) is 0.488. The lowest BCUT2D eigenvalue weighted by Gasteiger charge is -2.34. The van der Waals surface area contributed by atoms with Crippen LogP contribution in [0.15, 0.2) is 18.3 Å². The smallest absolute Gasteiger partial charge is 0.233 e. The number of aromatic nitrogens is 1. The number of nitrogens with one attached hydrogen (secondary N) is 2. The van der Waals surface area contributed by atoms with Crippen LogP contribution in [0.3, 0.4) is 0 Å². The van der Waals surface area contributed by atoms with E-state index in [4.69, 9.17) is 5.73 Å². The zero-order valence-corrected chi connectivity index (χ0v) is 10.1. The number of hydrogen-bond acceptors (Lipinski definition) is 4. The van der Waals surface area contributed by atoms with Crippen LogP contribution in [-0.4, -0.2) is 30.5 Å². The SMILES string of the molecule is NCC1(C(=O)Nc2ccc(F)cn2)CCNCC1. The van der Waals surface area contributed by atoms with E-state index in [1.165, 1.54) is 12.1 Å². The highest BCUT2D eigenvalue weighted by molar-refractivity contribution is 5.94. The summed E-state index contributed by atoms with van der Waals surface area (Å²) < 4.78 is 12.7. The normalized spacial score (nSPS) is 18.3. The third-order valence-corrected chi connectivity index (χ3v) is 3.40. The van der Waals surface area contributed by atoms with Crippen molar-refractivity contribution in [1.29, 1.82) is 0 Å². The first-order chi connectivity index (χ1) is 8.66. The highest BCUT2D eigenvalue weighted by Crippen LogP contribution is 2.28. The molecule has 0 atom stereocenters. The molecule has 0 spiro atoms. The number of anilines is 1. The van der Waals surface area contributed by atoms with Crippen molar-refractivity contribution in [3.8, 4) is 0 Å². The maximum Gasteiger partial charge on any atom is 0.233 e. The summed E-state index contributed by atoms with van der Waals surface area (Å²) >= 11 is 0. The molecule has 1 amide bonds. The van der Waals surface area contributed by atoms with E-state index in [0.717, 1.165) is 19.3 Å². The third kappa shape index (κ3) is 2.65.